The molecule has 0 saturated carbocycles. The third kappa shape index (κ3) is 3.11. The van der Waals surface area contributed by atoms with Gasteiger partial charge < -0.3 is 4.98 Å². The quantitative estimate of drug-likeness (QED) is 0.617. The van der Waals surface area contributed by atoms with Crippen LogP contribution in [0.2, 0.25) is 0 Å². The molecule has 0 unspecified atom stereocenters. The van der Waals surface area contributed by atoms with Crippen LogP contribution in [0.3, 0.4) is 0 Å². The van der Waals surface area contributed by atoms with Crippen molar-refractivity contribution in [2.75, 3.05) is 11.5 Å². The highest BCUT2D eigenvalue weighted by atomic mass is 32.3. The third-order valence-electron chi connectivity index (χ3n) is 5.22. The zero-order valence-corrected chi connectivity index (χ0v) is 16.5. The van der Waals surface area contributed by atoms with Crippen LogP contribution in [0.25, 0.3) is 16.9 Å². The average Bonchev–Trinajstić information content (AvgIpc) is 3.28. The maximum absolute atomic E-state index is 13.0. The van der Waals surface area contributed by atoms with E-state index in [2.05, 4.69) is 15.2 Å². The summed E-state index contributed by atoms with van der Waals surface area (Å²) in [6.07, 6.45) is 6.25. The number of fused-ring (bicyclic) bond motifs is 1. The van der Waals surface area contributed by atoms with Gasteiger partial charge in [-0.15, -0.1) is 0 Å². The molecule has 1 aliphatic rings. The van der Waals surface area contributed by atoms with E-state index < -0.39 is 10.6 Å². The zero-order valence-electron chi connectivity index (χ0n) is 15.7. The van der Waals surface area contributed by atoms with E-state index in [1.54, 1.807) is 6.20 Å². The molecule has 0 amide bonds. The Kier molecular flexibility index (Phi) is 4.53. The van der Waals surface area contributed by atoms with Crippen molar-refractivity contribution in [3.8, 4) is 17.3 Å². The van der Waals surface area contributed by atoms with Gasteiger partial charge in [0.2, 0.25) is 0 Å². The lowest BCUT2D eigenvalue weighted by Gasteiger charge is -2.39. The highest BCUT2D eigenvalue weighted by molar-refractivity contribution is 8.24. The van der Waals surface area contributed by atoms with Gasteiger partial charge in [0, 0.05) is 28.8 Å². The summed E-state index contributed by atoms with van der Waals surface area (Å²) in [6.45, 7) is 3.87. The molecule has 10 heteroatoms. The van der Waals surface area contributed by atoms with E-state index >= 15 is 0 Å². The second-order valence-corrected chi connectivity index (χ2v) is 9.88. The van der Waals surface area contributed by atoms with Crippen molar-refractivity contribution in [3.05, 3.63) is 40.1 Å². The van der Waals surface area contributed by atoms with Gasteiger partial charge in [-0.2, -0.15) is 30.6 Å². The van der Waals surface area contributed by atoms with Crippen LogP contribution in [-0.4, -0.2) is 45.0 Å². The van der Waals surface area contributed by atoms with Crippen molar-refractivity contribution < 1.29 is 9.11 Å². The Hall–Kier alpha value is -2.61. The number of hydrogen-bond acceptors (Lipinski definition) is 6. The summed E-state index contributed by atoms with van der Waals surface area (Å²) in [5.74, 6) is 0.714. The fourth-order valence-electron chi connectivity index (χ4n) is 3.70. The van der Waals surface area contributed by atoms with E-state index in [0.29, 0.717) is 46.8 Å². The standard InChI is InChI=1S/C18H22N6O3S/c1-11(2)15-16(22-17-12(7-19)8-21-24(17)18(15)25)13-9-20-23(10-13)14-3-5-28(26,27)6-4-14/h8-11,14,22,26-27H,3-6H2,1-2H3. The summed E-state index contributed by atoms with van der Waals surface area (Å²) in [7, 11) is -2.45. The summed E-state index contributed by atoms with van der Waals surface area (Å²) in [4.78, 5) is 16.2. The van der Waals surface area contributed by atoms with E-state index in [4.69, 9.17) is 0 Å². The minimum absolute atomic E-state index is 0.0519. The van der Waals surface area contributed by atoms with Crippen molar-refractivity contribution in [1.29, 1.82) is 5.26 Å². The summed E-state index contributed by atoms with van der Waals surface area (Å²) in [5.41, 5.74) is 2.39. The van der Waals surface area contributed by atoms with Crippen LogP contribution < -0.4 is 5.56 Å². The molecule has 4 rings (SSSR count). The van der Waals surface area contributed by atoms with Crippen molar-refractivity contribution in [2.24, 2.45) is 0 Å². The Morgan fingerprint density at radius 2 is 2.00 bits per heavy atom. The summed E-state index contributed by atoms with van der Waals surface area (Å²) in [5, 5.41) is 17.8. The molecule has 0 radical (unpaired) electrons. The van der Waals surface area contributed by atoms with Crippen LogP contribution in [0.1, 0.15) is 49.8 Å². The van der Waals surface area contributed by atoms with E-state index in [1.165, 1.54) is 10.7 Å². The molecule has 4 heterocycles. The third-order valence-corrected chi connectivity index (χ3v) is 7.00. The molecule has 1 aliphatic heterocycles. The highest BCUT2D eigenvalue weighted by Gasteiger charge is 2.26. The molecule has 148 valence electrons. The number of aromatic nitrogens is 5. The highest BCUT2D eigenvalue weighted by Crippen LogP contribution is 2.46. The Balaban J connectivity index is 1.79. The summed E-state index contributed by atoms with van der Waals surface area (Å²) >= 11 is 0. The van der Waals surface area contributed by atoms with Gasteiger partial charge in [-0.25, -0.2) is 0 Å². The number of H-pyrrole nitrogens is 1. The number of nitrogens with zero attached hydrogens (tertiary/aromatic N) is 5. The molecule has 1 fully saturated rings. The maximum atomic E-state index is 13.0. The van der Waals surface area contributed by atoms with Crippen molar-refractivity contribution in [2.45, 2.75) is 38.6 Å². The largest absolute Gasteiger partial charge is 0.338 e. The predicted molar refractivity (Wildman–Crippen MR) is 107 cm³/mol. The molecule has 0 aromatic carbocycles. The summed E-state index contributed by atoms with van der Waals surface area (Å²) < 4.78 is 22.7. The first-order chi connectivity index (χ1) is 13.3. The first-order valence-corrected chi connectivity index (χ1v) is 11.0. The molecule has 3 aromatic rings. The Morgan fingerprint density at radius 3 is 2.64 bits per heavy atom. The number of nitrogens with one attached hydrogen (secondary N) is 1. The first kappa shape index (κ1) is 18.7. The molecule has 0 atom stereocenters. The molecule has 3 aromatic heterocycles. The molecule has 0 aliphatic carbocycles. The van der Waals surface area contributed by atoms with Gasteiger partial charge in [-0.1, -0.05) is 13.8 Å². The molecule has 0 bridgehead atoms. The zero-order chi connectivity index (χ0) is 20.1. The molecule has 1 saturated heterocycles. The first-order valence-electron chi connectivity index (χ1n) is 9.13. The smallest absolute Gasteiger partial charge is 0.278 e. The predicted octanol–water partition coefficient (Wildman–Crippen LogP) is 2.97. The number of nitriles is 1. The molecular weight excluding hydrogens is 380 g/mol. The molecule has 28 heavy (non-hydrogen) atoms. The Bertz CT molecular complexity index is 1130. The average molecular weight is 402 g/mol. The Labute approximate surface area is 163 Å². The monoisotopic (exact) mass is 402 g/mol. The molecular formula is C18H22N6O3S. The minimum atomic E-state index is -2.45. The number of aromatic amines is 1. The van der Waals surface area contributed by atoms with Crippen LogP contribution in [0, 0.1) is 11.3 Å². The number of hydrogen-bond donors (Lipinski definition) is 3. The summed E-state index contributed by atoms with van der Waals surface area (Å²) in [6, 6.07) is 2.14. The van der Waals surface area contributed by atoms with Crippen LogP contribution in [0.4, 0.5) is 0 Å². The lowest BCUT2D eigenvalue weighted by atomic mass is 10.00. The lowest BCUT2D eigenvalue weighted by Crippen LogP contribution is -2.23. The van der Waals surface area contributed by atoms with Gasteiger partial charge in [0.1, 0.15) is 11.6 Å². The van der Waals surface area contributed by atoms with Gasteiger partial charge in [0.15, 0.2) is 5.65 Å². The van der Waals surface area contributed by atoms with Crippen LogP contribution >= 0.6 is 10.6 Å². The van der Waals surface area contributed by atoms with Crippen molar-refractivity contribution in [3.63, 3.8) is 0 Å². The van der Waals surface area contributed by atoms with Crippen molar-refractivity contribution >= 4 is 16.2 Å². The van der Waals surface area contributed by atoms with Crippen molar-refractivity contribution in [1.82, 2.24) is 24.4 Å². The van der Waals surface area contributed by atoms with Gasteiger partial charge in [0.05, 0.1) is 24.1 Å². The van der Waals surface area contributed by atoms with E-state index in [9.17, 15) is 19.2 Å². The van der Waals surface area contributed by atoms with E-state index in [1.807, 2.05) is 30.8 Å². The second kappa shape index (κ2) is 6.77. The fourth-order valence-corrected chi connectivity index (χ4v) is 5.21. The van der Waals surface area contributed by atoms with Crippen LogP contribution in [0.5, 0.6) is 0 Å². The second-order valence-electron chi connectivity index (χ2n) is 7.45. The van der Waals surface area contributed by atoms with E-state index in [-0.39, 0.29) is 17.5 Å². The van der Waals surface area contributed by atoms with Crippen LogP contribution in [0.15, 0.2) is 23.4 Å². The maximum Gasteiger partial charge on any atom is 0.278 e. The molecule has 3 N–H and O–H groups in total. The molecule has 9 nitrogen and oxygen atoms in total. The van der Waals surface area contributed by atoms with Crippen LogP contribution in [-0.2, 0) is 0 Å². The SMILES string of the molecule is CC(C)c1c(-c2cnn(C3CCS(O)(O)CC3)c2)[nH]c2c(C#N)cnn2c1=O. The topological polar surface area (TPSA) is 132 Å². The van der Waals surface area contributed by atoms with Gasteiger partial charge in [-0.05, 0) is 18.8 Å². The number of rotatable bonds is 3. The lowest BCUT2D eigenvalue weighted by molar-refractivity contribution is 0.388. The molecule has 0 spiro atoms. The van der Waals surface area contributed by atoms with Gasteiger partial charge >= 0.3 is 0 Å². The Morgan fingerprint density at radius 1 is 1.29 bits per heavy atom. The van der Waals surface area contributed by atoms with E-state index in [0.717, 1.165) is 5.56 Å². The van der Waals surface area contributed by atoms with Gasteiger partial charge in [-0.3, -0.25) is 18.6 Å². The minimum Gasteiger partial charge on any atom is -0.338 e. The fraction of sp³-hybridized carbons (Fsp3) is 0.444. The van der Waals surface area contributed by atoms with Gasteiger partial charge in [0.25, 0.3) is 5.56 Å². The normalized spacial score (nSPS) is 18.4.